The second-order valence-electron chi connectivity index (χ2n) is 7.20. The van der Waals surface area contributed by atoms with E-state index >= 15 is 0 Å². The molecule has 0 aliphatic carbocycles. The van der Waals surface area contributed by atoms with Crippen molar-refractivity contribution in [2.24, 2.45) is 5.92 Å². The molecular weight excluding hydrogens is 420 g/mol. The van der Waals surface area contributed by atoms with Crippen molar-refractivity contribution in [3.8, 4) is 17.2 Å². The van der Waals surface area contributed by atoms with Crippen LogP contribution in [0.5, 0.6) is 17.2 Å². The Morgan fingerprint density at radius 1 is 0.938 bits per heavy atom. The van der Waals surface area contributed by atoms with Crippen molar-refractivity contribution in [3.63, 3.8) is 0 Å². The van der Waals surface area contributed by atoms with Gasteiger partial charge in [0.2, 0.25) is 11.7 Å². The molecule has 1 aromatic carbocycles. The van der Waals surface area contributed by atoms with Crippen LogP contribution in [0.25, 0.3) is 0 Å². The van der Waals surface area contributed by atoms with Crippen molar-refractivity contribution in [2.45, 2.75) is 33.2 Å². The summed E-state index contributed by atoms with van der Waals surface area (Å²) in [6.45, 7) is 8.33. The molecule has 1 aliphatic heterocycles. The number of hydrogen-bond donors (Lipinski definition) is 2. The Balaban J connectivity index is 0.000000751. The predicted octanol–water partition coefficient (Wildman–Crippen LogP) is 1.95. The lowest BCUT2D eigenvalue weighted by Crippen LogP contribution is -2.42. The quantitative estimate of drug-likeness (QED) is 0.567. The largest absolute Gasteiger partial charge is 0.493 e. The normalized spacial score (nSPS) is 14.0. The van der Waals surface area contributed by atoms with Crippen LogP contribution in [0, 0.1) is 5.92 Å². The summed E-state index contributed by atoms with van der Waals surface area (Å²) in [5, 5.41) is 14.8. The van der Waals surface area contributed by atoms with E-state index < -0.39 is 11.9 Å². The zero-order valence-electron chi connectivity index (χ0n) is 19.4. The van der Waals surface area contributed by atoms with Crippen LogP contribution in [-0.4, -0.2) is 85.4 Å². The Hall–Kier alpha value is -3.01. The summed E-state index contributed by atoms with van der Waals surface area (Å²) in [4.78, 5) is 35.0. The Kier molecular flexibility index (Phi) is 11.3. The molecule has 1 heterocycles. The minimum atomic E-state index is -1.82. The van der Waals surface area contributed by atoms with Crippen molar-refractivity contribution < 1.29 is 38.8 Å². The Labute approximate surface area is 188 Å². The number of nitrogens with zero attached hydrogens (tertiary/aromatic N) is 2. The van der Waals surface area contributed by atoms with Gasteiger partial charge in [0.1, 0.15) is 0 Å². The molecule has 1 aliphatic rings. The maximum Gasteiger partial charge on any atom is 0.414 e. The van der Waals surface area contributed by atoms with Crippen molar-refractivity contribution in [1.82, 2.24) is 9.80 Å². The molecule has 0 saturated carbocycles. The highest BCUT2D eigenvalue weighted by Gasteiger charge is 2.27. The van der Waals surface area contributed by atoms with E-state index in [0.717, 1.165) is 51.1 Å². The van der Waals surface area contributed by atoms with E-state index in [9.17, 15) is 4.79 Å². The summed E-state index contributed by atoms with van der Waals surface area (Å²) < 4.78 is 16.3. The van der Waals surface area contributed by atoms with Crippen molar-refractivity contribution in [1.29, 1.82) is 0 Å². The number of rotatable bonds is 8. The van der Waals surface area contributed by atoms with Crippen LogP contribution < -0.4 is 14.2 Å². The second-order valence-corrected chi connectivity index (χ2v) is 7.20. The van der Waals surface area contributed by atoms with Gasteiger partial charge in [0.15, 0.2) is 11.5 Å². The summed E-state index contributed by atoms with van der Waals surface area (Å²) in [7, 11) is 4.87. The van der Waals surface area contributed by atoms with Crippen molar-refractivity contribution in [2.75, 3.05) is 47.5 Å². The lowest BCUT2D eigenvalue weighted by Gasteiger charge is -2.33. The average Bonchev–Trinajstić information content (AvgIpc) is 2.79. The minimum Gasteiger partial charge on any atom is -0.493 e. The first kappa shape index (κ1) is 27.0. The minimum absolute atomic E-state index is 0.158. The van der Waals surface area contributed by atoms with Gasteiger partial charge in [-0.25, -0.2) is 9.59 Å². The Bertz CT molecular complexity index is 734. The summed E-state index contributed by atoms with van der Waals surface area (Å²) in [5.74, 6) is -1.22. The van der Waals surface area contributed by atoms with Crippen molar-refractivity contribution in [3.05, 3.63) is 17.7 Å². The second kappa shape index (κ2) is 13.4. The number of ether oxygens (including phenoxy) is 3. The molecule has 10 heteroatoms. The zero-order valence-corrected chi connectivity index (χ0v) is 19.4. The van der Waals surface area contributed by atoms with Crippen LogP contribution in [0.15, 0.2) is 12.1 Å². The van der Waals surface area contributed by atoms with Gasteiger partial charge in [0, 0.05) is 25.6 Å². The maximum absolute atomic E-state index is 12.5. The number of carboxylic acid groups (broad SMARTS) is 2. The van der Waals surface area contributed by atoms with E-state index in [-0.39, 0.29) is 5.92 Å². The predicted molar refractivity (Wildman–Crippen MR) is 117 cm³/mol. The third-order valence-corrected chi connectivity index (χ3v) is 5.33. The van der Waals surface area contributed by atoms with E-state index in [4.69, 9.17) is 34.0 Å². The fourth-order valence-electron chi connectivity index (χ4n) is 3.62. The van der Waals surface area contributed by atoms with Crippen LogP contribution >= 0.6 is 0 Å². The summed E-state index contributed by atoms with van der Waals surface area (Å²) in [6, 6.07) is 3.99. The molecule has 0 atom stereocenters. The zero-order chi connectivity index (χ0) is 24.3. The molecule has 0 bridgehead atoms. The molecular formula is C22H34N2O8. The van der Waals surface area contributed by atoms with Gasteiger partial charge in [-0.05, 0) is 57.5 Å². The van der Waals surface area contributed by atoms with Gasteiger partial charge >= 0.3 is 11.9 Å². The topological polar surface area (TPSA) is 126 Å². The number of piperidine rings is 1. The van der Waals surface area contributed by atoms with Crippen LogP contribution in [0.4, 0.5) is 0 Å². The van der Waals surface area contributed by atoms with Crippen molar-refractivity contribution >= 4 is 17.8 Å². The number of hydrogen-bond acceptors (Lipinski definition) is 7. The number of benzene rings is 1. The van der Waals surface area contributed by atoms with Gasteiger partial charge < -0.3 is 29.3 Å². The molecule has 1 fully saturated rings. The molecule has 0 unspecified atom stereocenters. The average molecular weight is 455 g/mol. The third-order valence-electron chi connectivity index (χ3n) is 5.33. The highest BCUT2D eigenvalue weighted by atomic mass is 16.5. The number of aliphatic carboxylic acids is 2. The highest BCUT2D eigenvalue weighted by Crippen LogP contribution is 2.38. The van der Waals surface area contributed by atoms with Gasteiger partial charge in [0.05, 0.1) is 21.3 Å². The summed E-state index contributed by atoms with van der Waals surface area (Å²) >= 11 is 0. The van der Waals surface area contributed by atoms with Crippen LogP contribution in [0.1, 0.15) is 32.3 Å². The molecule has 1 aromatic rings. The number of carbonyl (C=O) groups excluding carboxylic acids is 1. The molecule has 2 N–H and O–H groups in total. The highest BCUT2D eigenvalue weighted by molar-refractivity contribution is 6.27. The van der Waals surface area contributed by atoms with Crippen LogP contribution in [-0.2, 0) is 20.9 Å². The monoisotopic (exact) mass is 454 g/mol. The Morgan fingerprint density at radius 3 is 1.75 bits per heavy atom. The first-order valence-electron chi connectivity index (χ1n) is 10.5. The molecule has 180 valence electrons. The lowest BCUT2D eigenvalue weighted by atomic mass is 9.95. The van der Waals surface area contributed by atoms with E-state index in [1.165, 1.54) is 0 Å². The van der Waals surface area contributed by atoms with E-state index in [2.05, 4.69) is 4.90 Å². The fraction of sp³-hybridized carbons (Fsp3) is 0.591. The van der Waals surface area contributed by atoms with Gasteiger partial charge in [-0.2, -0.15) is 0 Å². The maximum atomic E-state index is 12.5. The lowest BCUT2D eigenvalue weighted by molar-refractivity contribution is -0.159. The molecule has 32 heavy (non-hydrogen) atoms. The molecule has 0 aromatic heterocycles. The molecule has 0 spiro atoms. The third kappa shape index (κ3) is 7.60. The van der Waals surface area contributed by atoms with Crippen LogP contribution in [0.2, 0.25) is 0 Å². The van der Waals surface area contributed by atoms with Gasteiger partial charge in [0.25, 0.3) is 0 Å². The molecule has 10 nitrogen and oxygen atoms in total. The molecule has 1 saturated heterocycles. The summed E-state index contributed by atoms with van der Waals surface area (Å²) in [6.07, 6.45) is 1.83. The van der Waals surface area contributed by atoms with E-state index in [0.29, 0.717) is 23.2 Å². The smallest absolute Gasteiger partial charge is 0.414 e. The van der Waals surface area contributed by atoms with Crippen LogP contribution in [0.3, 0.4) is 0 Å². The molecule has 0 radical (unpaired) electrons. The number of amides is 1. The van der Waals surface area contributed by atoms with E-state index in [1.807, 2.05) is 30.9 Å². The van der Waals surface area contributed by atoms with Gasteiger partial charge in [-0.1, -0.05) is 0 Å². The standard InChI is InChI=1S/C20H32N2O4.C2H2O4/c1-6-22(7-2)20(23)16-8-10-21(11-9-16)14-15-12-17(24-3)19(26-5)18(13-15)25-4;3-1(4)2(5)6/h12-13,16H,6-11,14H2,1-5H3;(H,3,4)(H,5,6). The number of carbonyl (C=O) groups is 3. The first-order valence-corrected chi connectivity index (χ1v) is 10.5. The van der Waals surface area contributed by atoms with E-state index in [1.54, 1.807) is 21.3 Å². The fourth-order valence-corrected chi connectivity index (χ4v) is 3.62. The van der Waals surface area contributed by atoms with Gasteiger partial charge in [-0.15, -0.1) is 0 Å². The molecule has 2 rings (SSSR count). The summed E-state index contributed by atoms with van der Waals surface area (Å²) in [5.41, 5.74) is 1.12. The first-order chi connectivity index (χ1) is 15.2. The number of methoxy groups -OCH3 is 3. The number of likely N-dealkylation sites (tertiary alicyclic amines) is 1. The SMILES string of the molecule is CCN(CC)C(=O)C1CCN(Cc2cc(OC)c(OC)c(OC)c2)CC1.O=C(O)C(=O)O. The van der Waals surface area contributed by atoms with Gasteiger partial charge in [-0.3, -0.25) is 9.69 Å². The Morgan fingerprint density at radius 2 is 1.41 bits per heavy atom. The number of carboxylic acids is 2. The molecule has 1 amide bonds.